The number of benzene rings is 2. The number of carbonyl (C=O) groups excluding carboxylic acids is 1. The van der Waals surface area contributed by atoms with Crippen LogP contribution in [0.1, 0.15) is 29.5 Å². The lowest BCUT2D eigenvalue weighted by molar-refractivity contribution is -0.0980. The number of carbonyl (C=O) groups is 1. The van der Waals surface area contributed by atoms with Crippen molar-refractivity contribution in [1.29, 1.82) is 0 Å². The number of phenolic OH excluding ortho intramolecular Hbond substituents is 1. The fourth-order valence-corrected chi connectivity index (χ4v) is 5.01. The number of sulfonamides is 1. The Morgan fingerprint density at radius 2 is 1.50 bits per heavy atom. The summed E-state index contributed by atoms with van der Waals surface area (Å²) in [5.41, 5.74) is 3.46. The van der Waals surface area contributed by atoms with Crippen LogP contribution in [-0.2, 0) is 27.7 Å². The summed E-state index contributed by atoms with van der Waals surface area (Å²) in [7, 11) is -3.19. The summed E-state index contributed by atoms with van der Waals surface area (Å²) in [6, 6.07) is 15.4. The van der Waals surface area contributed by atoms with Gasteiger partial charge < -0.3 is 9.90 Å². The lowest BCUT2D eigenvalue weighted by Crippen LogP contribution is -2.40. The molecule has 3 rings (SSSR count). The van der Waals surface area contributed by atoms with Crippen LogP contribution in [0, 0.1) is 12.8 Å². The zero-order valence-corrected chi connectivity index (χ0v) is 17.2. The highest BCUT2D eigenvalue weighted by Crippen LogP contribution is 2.24. The molecule has 0 unspecified atom stereocenters. The van der Waals surface area contributed by atoms with Crippen molar-refractivity contribution in [2.24, 2.45) is 5.92 Å². The van der Waals surface area contributed by atoms with Crippen molar-refractivity contribution in [2.75, 3.05) is 18.8 Å². The highest BCUT2D eigenvalue weighted by atomic mass is 32.2. The number of hydrogen-bond donors (Lipinski definition) is 1. The summed E-state index contributed by atoms with van der Waals surface area (Å²) < 4.78 is 26.9. The average molecular weight is 404 g/mol. The summed E-state index contributed by atoms with van der Waals surface area (Å²) in [5.74, 6) is 0.963. The molecule has 5 nitrogen and oxygen atoms in total. The van der Waals surface area contributed by atoms with Gasteiger partial charge in [-0.3, -0.25) is 0 Å². The molecule has 0 aromatic heterocycles. The molecular formula is C22H29NO4S. The summed E-state index contributed by atoms with van der Waals surface area (Å²) >= 11 is 0. The quantitative estimate of drug-likeness (QED) is 0.803. The fourth-order valence-electron chi connectivity index (χ4n) is 3.49. The maximum atomic E-state index is 12.6. The number of nitrogens with zero attached hydrogens (tertiary/aromatic N) is 1. The van der Waals surface area contributed by atoms with Gasteiger partial charge in [0, 0.05) is 13.1 Å². The zero-order chi connectivity index (χ0) is 20.6. The van der Waals surface area contributed by atoms with Gasteiger partial charge in [-0.25, -0.2) is 12.7 Å². The lowest BCUT2D eigenvalue weighted by atomic mass is 9.91. The van der Waals surface area contributed by atoms with Crippen molar-refractivity contribution in [2.45, 2.75) is 32.6 Å². The van der Waals surface area contributed by atoms with Gasteiger partial charge in [-0.15, -0.1) is 0 Å². The molecule has 1 aliphatic rings. The molecule has 1 fully saturated rings. The first kappa shape index (κ1) is 22.1. The van der Waals surface area contributed by atoms with Crippen LogP contribution >= 0.6 is 0 Å². The van der Waals surface area contributed by atoms with Crippen molar-refractivity contribution >= 4 is 16.8 Å². The van der Waals surface area contributed by atoms with E-state index < -0.39 is 10.0 Å². The monoisotopic (exact) mass is 403 g/mol. The van der Waals surface area contributed by atoms with E-state index in [9.17, 15) is 13.5 Å². The van der Waals surface area contributed by atoms with E-state index in [4.69, 9.17) is 4.79 Å². The molecule has 28 heavy (non-hydrogen) atoms. The van der Waals surface area contributed by atoms with E-state index in [1.165, 1.54) is 11.1 Å². The number of rotatable bonds is 6. The average Bonchev–Trinajstić information content (AvgIpc) is 2.71. The van der Waals surface area contributed by atoms with Crippen LogP contribution in [0.3, 0.4) is 0 Å². The van der Waals surface area contributed by atoms with Gasteiger partial charge in [0.2, 0.25) is 10.0 Å². The topological polar surface area (TPSA) is 74.7 Å². The van der Waals surface area contributed by atoms with Gasteiger partial charge in [-0.1, -0.05) is 42.0 Å². The molecule has 0 atom stereocenters. The number of phenols is 1. The molecule has 2 aromatic rings. The lowest BCUT2D eigenvalue weighted by Gasteiger charge is -2.31. The highest BCUT2D eigenvalue weighted by Gasteiger charge is 2.27. The minimum Gasteiger partial charge on any atom is -0.508 e. The first-order chi connectivity index (χ1) is 13.4. The summed E-state index contributed by atoms with van der Waals surface area (Å²) in [6.45, 7) is 5.25. The Bertz CT molecular complexity index is 824. The van der Waals surface area contributed by atoms with Gasteiger partial charge in [-0.05, 0) is 61.8 Å². The van der Waals surface area contributed by atoms with E-state index in [1.807, 2.05) is 50.1 Å². The molecule has 6 heteroatoms. The Morgan fingerprint density at radius 3 is 2.07 bits per heavy atom. The van der Waals surface area contributed by atoms with Gasteiger partial charge in [0.25, 0.3) is 0 Å². The molecule has 1 N–H and O–H groups in total. The third kappa shape index (κ3) is 6.46. The van der Waals surface area contributed by atoms with Gasteiger partial charge in [0.05, 0.1) is 5.75 Å². The Hall–Kier alpha value is -2.18. The molecule has 0 amide bonds. The van der Waals surface area contributed by atoms with Crippen LogP contribution in [0.4, 0.5) is 0 Å². The highest BCUT2D eigenvalue weighted by molar-refractivity contribution is 7.89. The second-order valence-corrected chi connectivity index (χ2v) is 9.35. The van der Waals surface area contributed by atoms with Crippen molar-refractivity contribution < 1.29 is 18.3 Å². The third-order valence-corrected chi connectivity index (χ3v) is 7.07. The molecule has 2 aromatic carbocycles. The molecule has 0 radical (unpaired) electrons. The molecule has 0 bridgehead atoms. The van der Waals surface area contributed by atoms with Crippen molar-refractivity contribution in [3.05, 3.63) is 65.2 Å². The third-order valence-electron chi connectivity index (χ3n) is 5.20. The number of hydrogen-bond acceptors (Lipinski definition) is 4. The normalized spacial score (nSPS) is 15.6. The van der Waals surface area contributed by atoms with E-state index in [1.54, 1.807) is 16.4 Å². The predicted molar refractivity (Wildman–Crippen MR) is 112 cm³/mol. The van der Waals surface area contributed by atoms with E-state index >= 15 is 0 Å². The summed E-state index contributed by atoms with van der Waals surface area (Å²) in [4.78, 5) is 8.00. The molecule has 0 aliphatic carbocycles. The molecule has 1 saturated heterocycles. The van der Waals surface area contributed by atoms with Crippen LogP contribution in [0.25, 0.3) is 0 Å². The Balaban J connectivity index is 0.00000136. The molecule has 0 saturated carbocycles. The number of aromatic hydroxyl groups is 1. The minimum absolute atomic E-state index is 0.179. The first-order valence-corrected chi connectivity index (χ1v) is 11.1. The molecule has 152 valence electrons. The van der Waals surface area contributed by atoms with E-state index in [0.717, 1.165) is 24.8 Å². The molecule has 1 heterocycles. The Labute approximate surface area is 168 Å². The smallest absolute Gasteiger partial charge is 0.214 e. The van der Waals surface area contributed by atoms with Gasteiger partial charge in [0.1, 0.15) is 12.5 Å². The van der Waals surface area contributed by atoms with Crippen LogP contribution in [0.5, 0.6) is 5.75 Å². The zero-order valence-electron chi connectivity index (χ0n) is 16.4. The van der Waals surface area contributed by atoms with Crippen molar-refractivity contribution in [3.63, 3.8) is 0 Å². The van der Waals surface area contributed by atoms with Crippen LogP contribution in [0.15, 0.2) is 48.5 Å². The predicted octanol–water partition coefficient (Wildman–Crippen LogP) is 3.34. The second-order valence-electron chi connectivity index (χ2n) is 7.26. The maximum Gasteiger partial charge on any atom is 0.214 e. The van der Waals surface area contributed by atoms with Crippen LogP contribution in [-0.4, -0.2) is 43.5 Å². The van der Waals surface area contributed by atoms with E-state index in [-0.39, 0.29) is 11.5 Å². The van der Waals surface area contributed by atoms with Gasteiger partial charge >= 0.3 is 0 Å². The Kier molecular flexibility index (Phi) is 8.20. The maximum absolute atomic E-state index is 12.6. The van der Waals surface area contributed by atoms with E-state index in [2.05, 4.69) is 0 Å². The largest absolute Gasteiger partial charge is 0.508 e. The molecule has 0 spiro atoms. The number of aryl methyl sites for hydroxylation is 2. The molecule has 1 aliphatic heterocycles. The number of piperidine rings is 1. The first-order valence-electron chi connectivity index (χ1n) is 9.52. The fraction of sp³-hybridized carbons (Fsp3) is 0.409. The standard InChI is InChI=1S/C21H27NO3S.CH2O/c1-17-2-4-18(5-3-17)12-15-26(24,25)22-13-10-20(11-14-22)16-19-6-8-21(23)9-7-19;1-2/h2-9,20,23H,10-16H2,1H3;1H2. The summed E-state index contributed by atoms with van der Waals surface area (Å²) in [6.07, 6.45) is 3.29. The SMILES string of the molecule is C=O.Cc1ccc(CCS(=O)(=O)N2CCC(Cc3ccc(O)cc3)CC2)cc1. The van der Waals surface area contributed by atoms with Crippen molar-refractivity contribution in [1.82, 2.24) is 4.31 Å². The van der Waals surface area contributed by atoms with Crippen LogP contribution < -0.4 is 0 Å². The van der Waals surface area contributed by atoms with Gasteiger partial charge in [0.15, 0.2) is 0 Å². The van der Waals surface area contributed by atoms with Crippen molar-refractivity contribution in [3.8, 4) is 5.75 Å². The second kappa shape index (κ2) is 10.4. The van der Waals surface area contributed by atoms with Crippen LogP contribution in [0.2, 0.25) is 0 Å². The molecular weight excluding hydrogens is 374 g/mol. The Morgan fingerprint density at radius 1 is 0.964 bits per heavy atom. The summed E-state index contributed by atoms with van der Waals surface area (Å²) in [5, 5.41) is 9.36. The van der Waals surface area contributed by atoms with E-state index in [0.29, 0.717) is 25.4 Å². The van der Waals surface area contributed by atoms with Gasteiger partial charge in [-0.2, -0.15) is 0 Å². The minimum atomic E-state index is -3.19.